The van der Waals surface area contributed by atoms with Gasteiger partial charge in [0.2, 0.25) is 5.91 Å². The van der Waals surface area contributed by atoms with Crippen molar-refractivity contribution in [2.75, 3.05) is 19.5 Å². The summed E-state index contributed by atoms with van der Waals surface area (Å²) in [6, 6.07) is 5.56. The summed E-state index contributed by atoms with van der Waals surface area (Å²) in [5, 5.41) is 7.63. The minimum absolute atomic E-state index is 0.236. The van der Waals surface area contributed by atoms with E-state index in [0.717, 1.165) is 5.56 Å². The number of aromatic nitrogens is 2. The van der Waals surface area contributed by atoms with Crippen LogP contribution in [0.25, 0.3) is 6.08 Å². The third-order valence-corrected chi connectivity index (χ3v) is 4.78. The molecule has 1 N–H and O–H groups in total. The number of amides is 1. The van der Waals surface area contributed by atoms with Gasteiger partial charge in [-0.05, 0) is 49.5 Å². The van der Waals surface area contributed by atoms with E-state index in [-0.39, 0.29) is 11.9 Å². The number of hydrogen-bond donors (Lipinski definition) is 1. The minimum Gasteiger partial charge on any atom is -0.493 e. The van der Waals surface area contributed by atoms with Crippen LogP contribution in [-0.2, 0) is 4.79 Å². The van der Waals surface area contributed by atoms with E-state index < -0.39 is 0 Å². The second-order valence-corrected chi connectivity index (χ2v) is 6.71. The summed E-state index contributed by atoms with van der Waals surface area (Å²) in [5.41, 5.74) is 0.739. The molecule has 2 aromatic rings. The van der Waals surface area contributed by atoms with E-state index in [0.29, 0.717) is 28.3 Å². The maximum atomic E-state index is 12.3. The molecule has 1 unspecified atom stereocenters. The molecule has 1 fully saturated rings. The second-order valence-electron chi connectivity index (χ2n) is 6.30. The Morgan fingerprint density at radius 1 is 1.38 bits per heavy atom. The van der Waals surface area contributed by atoms with Crippen molar-refractivity contribution < 1.29 is 14.3 Å². The first-order valence-corrected chi connectivity index (χ1v) is 8.85. The SMILES string of the molecule is COc1cc(/C=C/C(=O)Nc2ccnn2C(C)C2CC2)cc(Cl)c1OC. The number of nitrogens with one attached hydrogen (secondary N) is 1. The molecule has 1 aliphatic rings. The number of ether oxygens (including phenoxy) is 2. The third-order valence-electron chi connectivity index (χ3n) is 4.49. The number of anilines is 1. The topological polar surface area (TPSA) is 65.4 Å². The van der Waals surface area contributed by atoms with E-state index in [1.54, 1.807) is 30.5 Å². The number of carbonyl (C=O) groups excluding carboxylic acids is 1. The number of halogens is 1. The first kappa shape index (κ1) is 18.3. The zero-order chi connectivity index (χ0) is 18.7. The lowest BCUT2D eigenvalue weighted by Gasteiger charge is -2.14. The highest BCUT2D eigenvalue weighted by Gasteiger charge is 2.30. The summed E-state index contributed by atoms with van der Waals surface area (Å²) >= 11 is 6.18. The first-order valence-electron chi connectivity index (χ1n) is 8.47. The van der Waals surface area contributed by atoms with Crippen molar-refractivity contribution >= 4 is 29.4 Å². The van der Waals surface area contributed by atoms with Gasteiger partial charge in [-0.15, -0.1) is 0 Å². The summed E-state index contributed by atoms with van der Waals surface area (Å²) in [6.45, 7) is 2.13. The molecule has 7 heteroatoms. The number of carbonyl (C=O) groups is 1. The molecule has 26 heavy (non-hydrogen) atoms. The monoisotopic (exact) mass is 375 g/mol. The normalized spacial score (nSPS) is 15.1. The van der Waals surface area contributed by atoms with Crippen molar-refractivity contribution in [3.63, 3.8) is 0 Å². The fraction of sp³-hybridized carbons (Fsp3) is 0.368. The fourth-order valence-corrected chi connectivity index (χ4v) is 3.19. The van der Waals surface area contributed by atoms with Crippen molar-refractivity contribution in [1.29, 1.82) is 0 Å². The number of nitrogens with zero attached hydrogens (tertiary/aromatic N) is 2. The van der Waals surface area contributed by atoms with Gasteiger partial charge in [0.05, 0.1) is 31.5 Å². The molecule has 1 aromatic heterocycles. The van der Waals surface area contributed by atoms with Crippen LogP contribution >= 0.6 is 11.6 Å². The van der Waals surface area contributed by atoms with Crippen LogP contribution in [0.5, 0.6) is 11.5 Å². The van der Waals surface area contributed by atoms with E-state index >= 15 is 0 Å². The molecule has 6 nitrogen and oxygen atoms in total. The maximum Gasteiger partial charge on any atom is 0.249 e. The molecule has 0 aliphatic heterocycles. The van der Waals surface area contributed by atoms with Crippen LogP contribution in [0, 0.1) is 5.92 Å². The van der Waals surface area contributed by atoms with Gasteiger partial charge in [0.1, 0.15) is 5.82 Å². The largest absolute Gasteiger partial charge is 0.493 e. The number of rotatable bonds is 7. The quantitative estimate of drug-likeness (QED) is 0.737. The maximum absolute atomic E-state index is 12.3. The average Bonchev–Trinajstić information content (AvgIpc) is 3.38. The molecule has 1 aromatic carbocycles. The fourth-order valence-electron chi connectivity index (χ4n) is 2.89. The zero-order valence-corrected chi connectivity index (χ0v) is 15.8. The van der Waals surface area contributed by atoms with E-state index in [2.05, 4.69) is 17.3 Å². The molecule has 1 heterocycles. The summed E-state index contributed by atoms with van der Waals surface area (Å²) in [6.07, 6.45) is 7.26. The Kier molecular flexibility index (Phi) is 5.52. The summed E-state index contributed by atoms with van der Waals surface area (Å²) in [4.78, 5) is 12.3. The minimum atomic E-state index is -0.236. The molecule has 0 bridgehead atoms. The van der Waals surface area contributed by atoms with E-state index in [1.165, 1.54) is 33.1 Å². The Balaban J connectivity index is 1.71. The van der Waals surface area contributed by atoms with Gasteiger partial charge >= 0.3 is 0 Å². The average molecular weight is 376 g/mol. The van der Waals surface area contributed by atoms with Crippen LogP contribution in [0.3, 0.4) is 0 Å². The van der Waals surface area contributed by atoms with Crippen LogP contribution in [0.15, 0.2) is 30.5 Å². The van der Waals surface area contributed by atoms with Gasteiger partial charge in [-0.1, -0.05) is 11.6 Å². The molecule has 1 saturated carbocycles. The molecule has 3 rings (SSSR count). The van der Waals surface area contributed by atoms with Gasteiger partial charge in [0.25, 0.3) is 0 Å². The van der Waals surface area contributed by atoms with Crippen LogP contribution in [0.2, 0.25) is 5.02 Å². The third kappa shape index (κ3) is 4.02. The van der Waals surface area contributed by atoms with Crippen LogP contribution in [-0.4, -0.2) is 29.9 Å². The highest BCUT2D eigenvalue weighted by atomic mass is 35.5. The highest BCUT2D eigenvalue weighted by molar-refractivity contribution is 6.32. The van der Waals surface area contributed by atoms with Gasteiger partial charge in [0, 0.05) is 12.1 Å². The van der Waals surface area contributed by atoms with Crippen molar-refractivity contribution in [3.05, 3.63) is 41.1 Å². The molecule has 1 amide bonds. The van der Waals surface area contributed by atoms with E-state index in [9.17, 15) is 4.79 Å². The predicted molar refractivity (Wildman–Crippen MR) is 102 cm³/mol. The molecule has 0 spiro atoms. The van der Waals surface area contributed by atoms with Crippen LogP contribution in [0.1, 0.15) is 31.4 Å². The standard InChI is InChI=1S/C19H22ClN3O3/c1-12(14-5-6-14)23-17(8-9-21-23)22-18(24)7-4-13-10-15(20)19(26-3)16(11-13)25-2/h4,7-12,14H,5-6H2,1-3H3,(H,22,24)/b7-4+. The zero-order valence-electron chi connectivity index (χ0n) is 15.0. The van der Waals surface area contributed by atoms with Gasteiger partial charge in [0.15, 0.2) is 11.5 Å². The Bertz CT molecular complexity index is 827. The Hall–Kier alpha value is -2.47. The molecule has 1 aliphatic carbocycles. The first-order chi connectivity index (χ1) is 12.5. The van der Waals surface area contributed by atoms with Crippen molar-refractivity contribution in [3.8, 4) is 11.5 Å². The Labute approximate surface area is 157 Å². The predicted octanol–water partition coefficient (Wildman–Crippen LogP) is 4.18. The molecule has 1 atom stereocenters. The Morgan fingerprint density at radius 3 is 2.81 bits per heavy atom. The van der Waals surface area contributed by atoms with E-state index in [4.69, 9.17) is 21.1 Å². The molecule has 0 saturated heterocycles. The molecular weight excluding hydrogens is 354 g/mol. The lowest BCUT2D eigenvalue weighted by Crippen LogP contribution is -2.16. The lowest BCUT2D eigenvalue weighted by molar-refractivity contribution is -0.111. The van der Waals surface area contributed by atoms with Crippen molar-refractivity contribution in [2.24, 2.45) is 5.92 Å². The lowest BCUT2D eigenvalue weighted by atomic mass is 10.2. The number of methoxy groups -OCH3 is 2. The van der Waals surface area contributed by atoms with Gasteiger partial charge in [-0.25, -0.2) is 4.68 Å². The molecule has 138 valence electrons. The summed E-state index contributed by atoms with van der Waals surface area (Å²) in [5.74, 6) is 2.09. The summed E-state index contributed by atoms with van der Waals surface area (Å²) in [7, 11) is 3.06. The Morgan fingerprint density at radius 2 is 2.15 bits per heavy atom. The summed E-state index contributed by atoms with van der Waals surface area (Å²) < 4.78 is 12.3. The second kappa shape index (κ2) is 7.83. The molecule has 0 radical (unpaired) electrons. The van der Waals surface area contributed by atoms with Gasteiger partial charge in [-0.3, -0.25) is 4.79 Å². The molecular formula is C19H22ClN3O3. The highest BCUT2D eigenvalue weighted by Crippen LogP contribution is 2.40. The van der Waals surface area contributed by atoms with E-state index in [1.807, 2.05) is 4.68 Å². The van der Waals surface area contributed by atoms with Crippen molar-refractivity contribution in [2.45, 2.75) is 25.8 Å². The number of benzene rings is 1. The number of hydrogen-bond acceptors (Lipinski definition) is 4. The van der Waals surface area contributed by atoms with Gasteiger partial charge in [-0.2, -0.15) is 5.10 Å². The smallest absolute Gasteiger partial charge is 0.249 e. The van der Waals surface area contributed by atoms with Gasteiger partial charge < -0.3 is 14.8 Å². The van der Waals surface area contributed by atoms with Crippen LogP contribution < -0.4 is 14.8 Å². The van der Waals surface area contributed by atoms with Crippen LogP contribution in [0.4, 0.5) is 5.82 Å². The van der Waals surface area contributed by atoms with Crippen molar-refractivity contribution in [1.82, 2.24) is 9.78 Å².